The van der Waals surface area contributed by atoms with Gasteiger partial charge in [0.05, 0.1) is 11.6 Å². The molecule has 0 saturated heterocycles. The summed E-state index contributed by atoms with van der Waals surface area (Å²) in [5.41, 5.74) is 1.93. The van der Waals surface area contributed by atoms with Crippen LogP contribution in [0, 0.1) is 0 Å². The molecule has 1 aromatic heterocycles. The first-order valence-corrected chi connectivity index (χ1v) is 6.20. The number of rotatable bonds is 3. The number of ketones is 1. The molecule has 0 radical (unpaired) electrons. The predicted octanol–water partition coefficient (Wildman–Crippen LogP) is 1.37. The number of benzene rings is 1. The van der Waals surface area contributed by atoms with Gasteiger partial charge in [0.25, 0.3) is 0 Å². The van der Waals surface area contributed by atoms with Crippen LogP contribution in [-0.2, 0) is 11.3 Å². The number of hydrogen-bond acceptors (Lipinski definition) is 2. The summed E-state index contributed by atoms with van der Waals surface area (Å²) in [7, 11) is 0. The van der Waals surface area contributed by atoms with E-state index in [9.17, 15) is 9.59 Å². The van der Waals surface area contributed by atoms with Crippen LogP contribution in [-0.4, -0.2) is 59.2 Å². The average molecular weight is 297 g/mol. The normalized spacial score (nSPS) is 16.3. The van der Waals surface area contributed by atoms with E-state index in [0.29, 0.717) is 24.2 Å². The summed E-state index contributed by atoms with van der Waals surface area (Å²) in [4.78, 5) is 23.5. The van der Waals surface area contributed by atoms with Crippen LogP contribution in [0.25, 0.3) is 0 Å². The Morgan fingerprint density at radius 3 is 2.45 bits per heavy atom. The second kappa shape index (κ2) is 6.12. The van der Waals surface area contributed by atoms with E-state index in [4.69, 9.17) is 5.11 Å². The zero-order valence-electron chi connectivity index (χ0n) is 10.2. The van der Waals surface area contributed by atoms with Gasteiger partial charge in [-0.1, -0.05) is 30.3 Å². The summed E-state index contributed by atoms with van der Waals surface area (Å²) in [5, 5.41) is 9.13. The van der Waals surface area contributed by atoms with Gasteiger partial charge in [0, 0.05) is 17.8 Å². The van der Waals surface area contributed by atoms with Gasteiger partial charge in [-0.2, -0.15) is 0 Å². The third-order valence-corrected chi connectivity index (χ3v) is 3.58. The molecule has 0 spiro atoms. The Hall–Kier alpha value is -1.10. The Kier molecular flexibility index (Phi) is 4.68. The Bertz CT molecular complexity index is 648. The number of carboxylic acid groups (broad SMARTS) is 1. The summed E-state index contributed by atoms with van der Waals surface area (Å²) >= 11 is 0. The first-order valence-electron chi connectivity index (χ1n) is 6.20. The van der Waals surface area contributed by atoms with E-state index < -0.39 is 11.9 Å². The average Bonchev–Trinajstić information content (AvgIpc) is 2.99. The molecule has 1 N–H and O–H groups in total. The number of hydrogen-bond donors (Lipinski definition) is 1. The van der Waals surface area contributed by atoms with Gasteiger partial charge in [-0.3, -0.25) is 9.59 Å². The van der Waals surface area contributed by atoms with Gasteiger partial charge in [-0.25, -0.2) is 0 Å². The van der Waals surface area contributed by atoms with Crippen molar-refractivity contribution >= 4 is 49.5 Å². The fraction of sp³-hybridized carbons (Fsp3) is 0.200. The van der Waals surface area contributed by atoms with Crippen molar-refractivity contribution in [3.05, 3.63) is 59.4 Å². The van der Waals surface area contributed by atoms with Gasteiger partial charge >= 0.3 is 43.7 Å². The maximum atomic E-state index is 12.4. The van der Waals surface area contributed by atoms with E-state index >= 15 is 0 Å². The SMILES string of the molecule is O=C(c1ccccc1)c1ccc2n1CCC2C(=O)O.[CaH2]. The van der Waals surface area contributed by atoms with Gasteiger partial charge in [-0.15, -0.1) is 0 Å². The molecule has 1 aliphatic heterocycles. The molecule has 1 aromatic carbocycles. The monoisotopic (exact) mass is 297 g/mol. The Balaban J connectivity index is 0.00000147. The minimum absolute atomic E-state index is 0. The van der Waals surface area contributed by atoms with Crippen molar-refractivity contribution in [2.75, 3.05) is 0 Å². The van der Waals surface area contributed by atoms with Crippen LogP contribution in [0.15, 0.2) is 42.5 Å². The zero-order valence-corrected chi connectivity index (χ0v) is 10.2. The number of carbonyl (C=O) groups is 2. The van der Waals surface area contributed by atoms with Crippen molar-refractivity contribution in [2.24, 2.45) is 0 Å². The van der Waals surface area contributed by atoms with Crippen molar-refractivity contribution in [1.82, 2.24) is 4.57 Å². The quantitative estimate of drug-likeness (QED) is 0.688. The molecule has 4 nitrogen and oxygen atoms in total. The van der Waals surface area contributed by atoms with Crippen LogP contribution in [0.5, 0.6) is 0 Å². The molecule has 0 saturated carbocycles. The van der Waals surface area contributed by atoms with Gasteiger partial charge < -0.3 is 9.67 Å². The fourth-order valence-electron chi connectivity index (χ4n) is 2.63. The third kappa shape index (κ3) is 2.55. The molecular formula is C15H15CaNO3. The summed E-state index contributed by atoms with van der Waals surface area (Å²) in [5.74, 6) is -1.37. The number of carbonyl (C=O) groups excluding carboxylic acids is 1. The second-order valence-corrected chi connectivity index (χ2v) is 4.67. The van der Waals surface area contributed by atoms with E-state index in [-0.39, 0.29) is 43.5 Å². The van der Waals surface area contributed by atoms with E-state index in [0.717, 1.165) is 5.69 Å². The first kappa shape index (κ1) is 15.3. The second-order valence-electron chi connectivity index (χ2n) is 4.67. The predicted molar refractivity (Wildman–Crippen MR) is 77.8 cm³/mol. The molecule has 5 heteroatoms. The molecule has 0 bridgehead atoms. The van der Waals surface area contributed by atoms with Crippen LogP contribution in [0.3, 0.4) is 0 Å². The third-order valence-electron chi connectivity index (χ3n) is 3.58. The number of carboxylic acids is 1. The van der Waals surface area contributed by atoms with Crippen molar-refractivity contribution in [3.63, 3.8) is 0 Å². The number of nitrogens with zero attached hydrogens (tertiary/aromatic N) is 1. The minimum atomic E-state index is -0.824. The zero-order chi connectivity index (χ0) is 13.4. The first-order chi connectivity index (χ1) is 9.18. The molecule has 1 unspecified atom stereocenters. The summed E-state index contributed by atoms with van der Waals surface area (Å²) in [6.07, 6.45) is 0.556. The molecule has 100 valence electrons. The molecule has 20 heavy (non-hydrogen) atoms. The van der Waals surface area contributed by atoms with Crippen molar-refractivity contribution in [2.45, 2.75) is 18.9 Å². The van der Waals surface area contributed by atoms with Crippen molar-refractivity contribution in [1.29, 1.82) is 0 Å². The van der Waals surface area contributed by atoms with Gasteiger partial charge in [0.15, 0.2) is 0 Å². The summed E-state index contributed by atoms with van der Waals surface area (Å²) in [6, 6.07) is 12.5. The number of aromatic nitrogens is 1. The molecule has 3 rings (SSSR count). The Morgan fingerprint density at radius 2 is 1.80 bits per heavy atom. The van der Waals surface area contributed by atoms with Gasteiger partial charge in [-0.05, 0) is 18.6 Å². The standard InChI is InChI=1S/C15H13NO3.Ca.2H/c17-14(10-4-2-1-3-5-10)13-7-6-12-11(15(18)19)8-9-16(12)13;;;/h1-7,11H,8-9H2,(H,18,19);;;. The van der Waals surface area contributed by atoms with Crippen molar-refractivity contribution in [3.8, 4) is 0 Å². The van der Waals surface area contributed by atoms with Crippen molar-refractivity contribution < 1.29 is 14.7 Å². The summed E-state index contributed by atoms with van der Waals surface area (Å²) in [6.45, 7) is 0.590. The van der Waals surface area contributed by atoms with Gasteiger partial charge in [0.1, 0.15) is 0 Å². The number of aliphatic carboxylic acids is 1. The van der Waals surface area contributed by atoms with E-state index in [1.807, 2.05) is 22.8 Å². The molecular weight excluding hydrogens is 282 g/mol. The maximum absolute atomic E-state index is 12.4. The Labute approximate surface area is 146 Å². The molecule has 0 fully saturated rings. The molecule has 0 aliphatic carbocycles. The summed E-state index contributed by atoms with van der Waals surface area (Å²) < 4.78 is 1.83. The van der Waals surface area contributed by atoms with Crippen LogP contribution in [0.4, 0.5) is 0 Å². The van der Waals surface area contributed by atoms with E-state index in [1.165, 1.54) is 0 Å². The Morgan fingerprint density at radius 1 is 1.10 bits per heavy atom. The topological polar surface area (TPSA) is 59.3 Å². The van der Waals surface area contributed by atoms with Crippen LogP contribution < -0.4 is 0 Å². The molecule has 2 aromatic rings. The van der Waals surface area contributed by atoms with Gasteiger partial charge in [0.2, 0.25) is 5.78 Å². The molecule has 0 amide bonds. The van der Waals surface area contributed by atoms with Crippen LogP contribution >= 0.6 is 0 Å². The number of fused-ring (bicyclic) bond motifs is 1. The van der Waals surface area contributed by atoms with Crippen LogP contribution in [0.2, 0.25) is 0 Å². The molecule has 1 aliphatic rings. The fourth-order valence-corrected chi connectivity index (χ4v) is 2.63. The van der Waals surface area contributed by atoms with E-state index in [2.05, 4.69) is 0 Å². The molecule has 2 heterocycles. The van der Waals surface area contributed by atoms with Crippen LogP contribution in [0.1, 0.15) is 34.1 Å². The van der Waals surface area contributed by atoms with E-state index in [1.54, 1.807) is 24.3 Å². The molecule has 1 atom stereocenters.